The summed E-state index contributed by atoms with van der Waals surface area (Å²) in [4.78, 5) is 25.6. The van der Waals surface area contributed by atoms with E-state index in [2.05, 4.69) is 22.0 Å². The van der Waals surface area contributed by atoms with Crippen molar-refractivity contribution < 1.29 is 9.90 Å². The van der Waals surface area contributed by atoms with Gasteiger partial charge in [-0.05, 0) is 37.7 Å². The molecule has 4 rings (SSSR count). The van der Waals surface area contributed by atoms with E-state index in [1.165, 1.54) is 23.3 Å². The molecule has 3 heterocycles. The number of amides is 1. The monoisotopic (exact) mass is 359 g/mol. The third-order valence-corrected chi connectivity index (χ3v) is 6.08. The Morgan fingerprint density at radius 2 is 2.36 bits per heavy atom. The van der Waals surface area contributed by atoms with Gasteiger partial charge in [-0.15, -0.1) is 16.4 Å². The number of likely N-dealkylation sites (N-methyl/N-ethyl adjacent to an activating group) is 1. The van der Waals surface area contributed by atoms with Crippen molar-refractivity contribution in [3.05, 3.63) is 22.6 Å². The van der Waals surface area contributed by atoms with Gasteiger partial charge in [0, 0.05) is 18.0 Å². The topological polar surface area (TPSA) is 83.6 Å². The van der Waals surface area contributed by atoms with Crippen LogP contribution < -0.4 is 0 Å². The molecule has 1 N–H and O–H groups in total. The van der Waals surface area contributed by atoms with Gasteiger partial charge < -0.3 is 10.0 Å². The lowest BCUT2D eigenvalue weighted by molar-refractivity contribution is 0.0720. The number of nitrogens with zero attached hydrogens (tertiary/aromatic N) is 5. The number of hydrogen-bond donors (Lipinski definition) is 1. The van der Waals surface area contributed by atoms with Crippen molar-refractivity contribution in [1.82, 2.24) is 24.5 Å². The molecular weight excluding hydrogens is 338 g/mol. The van der Waals surface area contributed by atoms with Gasteiger partial charge in [0.1, 0.15) is 11.2 Å². The summed E-state index contributed by atoms with van der Waals surface area (Å²) in [5.74, 6) is 0.376. The van der Waals surface area contributed by atoms with E-state index >= 15 is 0 Å². The van der Waals surface area contributed by atoms with Gasteiger partial charge in [0.25, 0.3) is 5.91 Å². The highest BCUT2D eigenvalue weighted by Crippen LogP contribution is 2.42. The molecule has 0 radical (unpaired) electrons. The Morgan fingerprint density at radius 1 is 1.52 bits per heavy atom. The molecule has 0 aromatic carbocycles. The smallest absolute Gasteiger partial charge is 0.293 e. The molecule has 1 aliphatic rings. The van der Waals surface area contributed by atoms with Gasteiger partial charge in [-0.1, -0.05) is 6.92 Å². The standard InChI is InChI=1S/C17H21N5O2S/c1-3-21(7-8-23)17(24)14-19-15-13-12-10(2)5-4-6-11(12)25-16(13)18-9-22(15)20-14/h9-10,23H,3-8H2,1-2H3/t10-/m0/s1. The molecule has 1 aliphatic carbocycles. The second kappa shape index (κ2) is 6.34. The first-order chi connectivity index (χ1) is 12.1. The molecule has 1 atom stereocenters. The van der Waals surface area contributed by atoms with Crippen molar-refractivity contribution in [3.63, 3.8) is 0 Å². The number of aliphatic hydroxyl groups is 1. The third-order valence-electron chi connectivity index (χ3n) is 4.91. The summed E-state index contributed by atoms with van der Waals surface area (Å²) in [5.41, 5.74) is 2.04. The fraction of sp³-hybridized carbons (Fsp3) is 0.529. The molecule has 132 valence electrons. The van der Waals surface area contributed by atoms with Crippen molar-refractivity contribution in [2.45, 2.75) is 39.0 Å². The average molecular weight is 359 g/mol. The highest BCUT2D eigenvalue weighted by atomic mass is 32.1. The normalized spacial score (nSPS) is 17.2. The number of rotatable bonds is 4. The summed E-state index contributed by atoms with van der Waals surface area (Å²) in [5, 5.41) is 14.5. The summed E-state index contributed by atoms with van der Waals surface area (Å²) in [6, 6.07) is 0. The van der Waals surface area contributed by atoms with Crippen LogP contribution in [-0.2, 0) is 6.42 Å². The van der Waals surface area contributed by atoms with E-state index in [4.69, 9.17) is 5.11 Å². The molecule has 0 saturated heterocycles. The third kappa shape index (κ3) is 2.60. The number of carbonyl (C=O) groups is 1. The van der Waals surface area contributed by atoms with E-state index in [0.717, 1.165) is 16.6 Å². The van der Waals surface area contributed by atoms with Crippen molar-refractivity contribution >= 4 is 33.1 Å². The van der Waals surface area contributed by atoms with E-state index in [1.807, 2.05) is 6.92 Å². The van der Waals surface area contributed by atoms with Gasteiger partial charge in [0.2, 0.25) is 5.82 Å². The van der Waals surface area contributed by atoms with Crippen LogP contribution in [0.1, 0.15) is 53.7 Å². The van der Waals surface area contributed by atoms with Crippen molar-refractivity contribution in [2.75, 3.05) is 19.7 Å². The fourth-order valence-corrected chi connectivity index (χ4v) is 4.94. The Labute approximate surface area is 149 Å². The molecule has 0 saturated carbocycles. The van der Waals surface area contributed by atoms with E-state index in [9.17, 15) is 4.79 Å². The Hall–Kier alpha value is -2.06. The number of hydrogen-bond acceptors (Lipinski definition) is 6. The summed E-state index contributed by atoms with van der Waals surface area (Å²) in [6.07, 6.45) is 5.10. The van der Waals surface area contributed by atoms with Gasteiger partial charge in [0.05, 0.1) is 12.0 Å². The van der Waals surface area contributed by atoms with Crippen LogP contribution in [0.3, 0.4) is 0 Å². The number of aryl methyl sites for hydroxylation is 1. The molecular formula is C17H21N5O2S. The van der Waals surface area contributed by atoms with Crippen LogP contribution in [0.2, 0.25) is 0 Å². The van der Waals surface area contributed by atoms with E-state index in [-0.39, 0.29) is 24.9 Å². The quantitative estimate of drug-likeness (QED) is 0.772. The van der Waals surface area contributed by atoms with Crippen molar-refractivity contribution in [1.29, 1.82) is 0 Å². The summed E-state index contributed by atoms with van der Waals surface area (Å²) < 4.78 is 1.61. The Morgan fingerprint density at radius 3 is 3.12 bits per heavy atom. The lowest BCUT2D eigenvalue weighted by atomic mass is 9.87. The van der Waals surface area contributed by atoms with Crippen LogP contribution in [0.25, 0.3) is 15.9 Å². The highest BCUT2D eigenvalue weighted by Gasteiger charge is 2.26. The number of aromatic nitrogens is 4. The van der Waals surface area contributed by atoms with Gasteiger partial charge in [-0.25, -0.2) is 14.5 Å². The van der Waals surface area contributed by atoms with E-state index in [0.29, 0.717) is 18.1 Å². The lowest BCUT2D eigenvalue weighted by Gasteiger charge is -2.18. The van der Waals surface area contributed by atoms with Crippen molar-refractivity contribution in [3.8, 4) is 0 Å². The second-order valence-electron chi connectivity index (χ2n) is 6.47. The first-order valence-corrected chi connectivity index (χ1v) is 9.52. The minimum Gasteiger partial charge on any atom is -0.395 e. The maximum atomic E-state index is 12.6. The average Bonchev–Trinajstić information content (AvgIpc) is 3.20. The van der Waals surface area contributed by atoms with Crippen LogP contribution in [0, 0.1) is 0 Å². The second-order valence-corrected chi connectivity index (χ2v) is 7.55. The molecule has 0 spiro atoms. The first-order valence-electron chi connectivity index (χ1n) is 8.70. The molecule has 1 amide bonds. The Balaban J connectivity index is 1.87. The number of carbonyl (C=O) groups excluding carboxylic acids is 1. The molecule has 8 heteroatoms. The predicted molar refractivity (Wildman–Crippen MR) is 96.2 cm³/mol. The highest BCUT2D eigenvalue weighted by molar-refractivity contribution is 7.19. The Bertz CT molecular complexity index is 947. The predicted octanol–water partition coefficient (Wildman–Crippen LogP) is 2.23. The largest absolute Gasteiger partial charge is 0.395 e. The maximum Gasteiger partial charge on any atom is 0.293 e. The molecule has 0 bridgehead atoms. The number of thiophene rings is 1. The van der Waals surface area contributed by atoms with Crippen molar-refractivity contribution in [2.24, 2.45) is 0 Å². The van der Waals surface area contributed by atoms with Crippen LogP contribution in [0.15, 0.2) is 6.33 Å². The van der Waals surface area contributed by atoms with Gasteiger partial charge in [-0.2, -0.15) is 0 Å². The summed E-state index contributed by atoms with van der Waals surface area (Å²) >= 11 is 1.73. The summed E-state index contributed by atoms with van der Waals surface area (Å²) in [7, 11) is 0. The van der Waals surface area contributed by atoms with E-state index in [1.54, 1.807) is 27.1 Å². The Kier molecular flexibility index (Phi) is 4.16. The van der Waals surface area contributed by atoms with Gasteiger partial charge >= 0.3 is 0 Å². The van der Waals surface area contributed by atoms with Crippen LogP contribution >= 0.6 is 11.3 Å². The molecule has 7 nitrogen and oxygen atoms in total. The minimum atomic E-state index is -0.259. The number of aliphatic hydroxyl groups excluding tert-OH is 1. The maximum absolute atomic E-state index is 12.6. The van der Waals surface area contributed by atoms with Gasteiger partial charge in [-0.3, -0.25) is 4.79 Å². The van der Waals surface area contributed by atoms with Crippen LogP contribution in [-0.4, -0.2) is 55.2 Å². The molecule has 25 heavy (non-hydrogen) atoms. The first kappa shape index (κ1) is 16.4. The van der Waals surface area contributed by atoms with Gasteiger partial charge in [0.15, 0.2) is 5.65 Å². The molecule has 0 aliphatic heterocycles. The number of fused-ring (bicyclic) bond motifs is 5. The molecule has 0 unspecified atom stereocenters. The minimum absolute atomic E-state index is 0.0751. The fourth-order valence-electron chi connectivity index (χ4n) is 3.64. The zero-order valence-electron chi connectivity index (χ0n) is 14.4. The summed E-state index contributed by atoms with van der Waals surface area (Å²) in [6.45, 7) is 4.83. The van der Waals surface area contributed by atoms with Crippen LogP contribution in [0.4, 0.5) is 0 Å². The molecule has 3 aromatic heterocycles. The molecule has 0 fully saturated rings. The van der Waals surface area contributed by atoms with E-state index < -0.39 is 0 Å². The lowest BCUT2D eigenvalue weighted by Crippen LogP contribution is -2.34. The SMILES string of the molecule is CCN(CCO)C(=O)c1nc2c3c4c(sc3ncn2n1)CCC[C@@H]4C. The molecule has 3 aromatic rings. The zero-order chi connectivity index (χ0) is 17.6. The zero-order valence-corrected chi connectivity index (χ0v) is 15.2. The van der Waals surface area contributed by atoms with Crippen LogP contribution in [0.5, 0.6) is 0 Å².